The summed E-state index contributed by atoms with van der Waals surface area (Å²) in [6, 6.07) is 12.4. The standard InChI is InChI=1S/C28H40N2O4S/c1-7-9-10-21(8-2)18-29-27(31)26-19-30(35(32,33)23-14-11-20(3)12-15-23)24-17-22(28(4,5)6)13-16-25(24)34-26/h11-17,21,26H,7-10,18-19H2,1-6H3,(H,29,31)/t21-,26+/m1/s1. The van der Waals surface area contributed by atoms with E-state index in [9.17, 15) is 13.2 Å². The van der Waals surface area contributed by atoms with Crippen LogP contribution in [-0.4, -0.2) is 33.5 Å². The molecule has 192 valence electrons. The van der Waals surface area contributed by atoms with E-state index in [1.165, 1.54) is 4.31 Å². The molecule has 0 unspecified atom stereocenters. The number of nitrogens with zero attached hydrogens (tertiary/aromatic N) is 1. The van der Waals surface area contributed by atoms with Crippen LogP contribution < -0.4 is 14.4 Å². The zero-order chi connectivity index (χ0) is 25.8. The third-order valence-corrected chi connectivity index (χ3v) is 8.50. The maximum Gasteiger partial charge on any atom is 0.264 e. The molecule has 0 aromatic heterocycles. The van der Waals surface area contributed by atoms with Crippen molar-refractivity contribution in [3.8, 4) is 5.75 Å². The van der Waals surface area contributed by atoms with Gasteiger partial charge in [-0.1, -0.05) is 77.6 Å². The Kier molecular flexibility index (Phi) is 8.52. The Labute approximate surface area is 211 Å². The van der Waals surface area contributed by atoms with E-state index in [1.807, 2.05) is 19.1 Å². The molecule has 0 saturated heterocycles. The Morgan fingerprint density at radius 3 is 2.43 bits per heavy atom. The Balaban J connectivity index is 1.94. The van der Waals surface area contributed by atoms with E-state index in [1.54, 1.807) is 30.3 Å². The van der Waals surface area contributed by atoms with Crippen LogP contribution in [0.1, 0.15) is 71.4 Å². The minimum absolute atomic E-state index is 0.0750. The average molecular weight is 501 g/mol. The summed E-state index contributed by atoms with van der Waals surface area (Å²) in [6.07, 6.45) is 3.37. The van der Waals surface area contributed by atoms with Gasteiger partial charge in [-0.15, -0.1) is 0 Å². The maximum atomic E-state index is 13.8. The predicted octanol–water partition coefficient (Wildman–Crippen LogP) is 5.58. The van der Waals surface area contributed by atoms with Gasteiger partial charge in [0.2, 0.25) is 0 Å². The Bertz CT molecular complexity index is 1120. The van der Waals surface area contributed by atoms with Gasteiger partial charge in [0.25, 0.3) is 15.9 Å². The van der Waals surface area contributed by atoms with Crippen LogP contribution in [0.5, 0.6) is 5.75 Å². The van der Waals surface area contributed by atoms with Gasteiger partial charge < -0.3 is 10.1 Å². The highest BCUT2D eigenvalue weighted by molar-refractivity contribution is 7.92. The molecule has 1 aliphatic heterocycles. The van der Waals surface area contributed by atoms with E-state index in [0.29, 0.717) is 23.9 Å². The number of aryl methyl sites for hydroxylation is 1. The van der Waals surface area contributed by atoms with Crippen molar-refractivity contribution in [2.75, 3.05) is 17.4 Å². The molecule has 7 heteroatoms. The van der Waals surface area contributed by atoms with Gasteiger partial charge in [0.15, 0.2) is 6.10 Å². The number of hydrogen-bond donors (Lipinski definition) is 1. The Hall–Kier alpha value is -2.54. The molecule has 1 heterocycles. The van der Waals surface area contributed by atoms with E-state index in [4.69, 9.17) is 4.74 Å². The van der Waals surface area contributed by atoms with Gasteiger partial charge in [-0.2, -0.15) is 0 Å². The largest absolute Gasteiger partial charge is 0.476 e. The SMILES string of the molecule is CCCC[C@@H](CC)CNC(=O)[C@@H]1CN(S(=O)(=O)c2ccc(C)cc2)c2cc(C(C)(C)C)ccc2O1. The minimum atomic E-state index is -3.90. The molecule has 3 rings (SSSR count). The summed E-state index contributed by atoms with van der Waals surface area (Å²) in [5.41, 5.74) is 2.27. The van der Waals surface area contributed by atoms with Crippen molar-refractivity contribution in [2.24, 2.45) is 5.92 Å². The lowest BCUT2D eigenvalue weighted by Crippen LogP contribution is -2.51. The van der Waals surface area contributed by atoms with Crippen LogP contribution in [0.4, 0.5) is 5.69 Å². The topological polar surface area (TPSA) is 75.7 Å². The predicted molar refractivity (Wildman–Crippen MR) is 142 cm³/mol. The first kappa shape index (κ1) is 27.1. The highest BCUT2D eigenvalue weighted by atomic mass is 32.2. The summed E-state index contributed by atoms with van der Waals surface area (Å²) in [4.78, 5) is 13.3. The van der Waals surface area contributed by atoms with Crippen molar-refractivity contribution in [2.45, 2.75) is 83.6 Å². The molecule has 2 atom stereocenters. The number of sulfonamides is 1. The van der Waals surface area contributed by atoms with Gasteiger partial charge in [0.1, 0.15) is 5.75 Å². The summed E-state index contributed by atoms with van der Waals surface area (Å²) in [5, 5.41) is 3.01. The van der Waals surface area contributed by atoms with Crippen molar-refractivity contribution in [3.05, 3.63) is 53.6 Å². The van der Waals surface area contributed by atoms with Gasteiger partial charge in [-0.05, 0) is 54.5 Å². The van der Waals surface area contributed by atoms with Crippen molar-refractivity contribution >= 4 is 21.6 Å². The summed E-state index contributed by atoms with van der Waals surface area (Å²) in [5.74, 6) is 0.518. The summed E-state index contributed by atoms with van der Waals surface area (Å²) in [6.45, 7) is 12.9. The van der Waals surface area contributed by atoms with Crippen LogP contribution in [0.2, 0.25) is 0 Å². The maximum absolute atomic E-state index is 13.8. The number of benzene rings is 2. The van der Waals surface area contributed by atoms with Crippen molar-refractivity contribution in [1.82, 2.24) is 5.32 Å². The van der Waals surface area contributed by atoms with Gasteiger partial charge >= 0.3 is 0 Å². The molecule has 1 amide bonds. The average Bonchev–Trinajstić information content (AvgIpc) is 2.82. The summed E-state index contributed by atoms with van der Waals surface area (Å²) < 4.78 is 34.9. The van der Waals surface area contributed by atoms with Crippen molar-refractivity contribution < 1.29 is 17.9 Å². The van der Waals surface area contributed by atoms with E-state index in [2.05, 4.69) is 39.9 Å². The molecule has 35 heavy (non-hydrogen) atoms. The number of carbonyl (C=O) groups excluding carboxylic acids is 1. The minimum Gasteiger partial charge on any atom is -0.476 e. The number of fused-ring (bicyclic) bond motifs is 1. The fourth-order valence-electron chi connectivity index (χ4n) is 4.22. The molecule has 0 bridgehead atoms. The molecule has 0 radical (unpaired) electrons. The number of ether oxygens (including phenoxy) is 1. The van der Waals surface area contributed by atoms with Gasteiger partial charge in [0.05, 0.1) is 17.1 Å². The van der Waals surface area contributed by atoms with Crippen LogP contribution in [0, 0.1) is 12.8 Å². The van der Waals surface area contributed by atoms with Crippen LogP contribution in [-0.2, 0) is 20.2 Å². The van der Waals surface area contributed by atoms with Gasteiger partial charge in [-0.25, -0.2) is 8.42 Å². The first-order chi connectivity index (χ1) is 16.5. The van der Waals surface area contributed by atoms with E-state index < -0.39 is 16.1 Å². The molecule has 2 aromatic rings. The monoisotopic (exact) mass is 500 g/mol. The van der Waals surface area contributed by atoms with Crippen LogP contribution >= 0.6 is 0 Å². The molecular weight excluding hydrogens is 460 g/mol. The number of unbranched alkanes of at least 4 members (excludes halogenated alkanes) is 1. The number of nitrogens with one attached hydrogen (secondary N) is 1. The second kappa shape index (κ2) is 11.0. The lowest BCUT2D eigenvalue weighted by Gasteiger charge is -2.36. The fourth-order valence-corrected chi connectivity index (χ4v) is 5.69. The number of rotatable bonds is 9. The number of amides is 1. The third-order valence-electron chi connectivity index (χ3n) is 6.70. The normalized spacial score (nSPS) is 16.9. The summed E-state index contributed by atoms with van der Waals surface area (Å²) >= 11 is 0. The second-order valence-electron chi connectivity index (χ2n) is 10.5. The first-order valence-electron chi connectivity index (χ1n) is 12.7. The zero-order valence-corrected chi connectivity index (χ0v) is 22.7. The second-order valence-corrected chi connectivity index (χ2v) is 12.4. The number of hydrogen-bond acceptors (Lipinski definition) is 4. The lowest BCUT2D eigenvalue weighted by molar-refractivity contribution is -0.127. The van der Waals surface area contributed by atoms with Crippen molar-refractivity contribution in [3.63, 3.8) is 0 Å². The zero-order valence-electron chi connectivity index (χ0n) is 21.9. The van der Waals surface area contributed by atoms with Gasteiger partial charge in [-0.3, -0.25) is 9.10 Å². The molecular formula is C28H40N2O4S. The van der Waals surface area contributed by atoms with Crippen LogP contribution in [0.3, 0.4) is 0 Å². The van der Waals surface area contributed by atoms with Crippen LogP contribution in [0.25, 0.3) is 0 Å². The van der Waals surface area contributed by atoms with E-state index in [0.717, 1.165) is 36.8 Å². The molecule has 2 aromatic carbocycles. The highest BCUT2D eigenvalue weighted by Gasteiger charge is 2.38. The quantitative estimate of drug-likeness (QED) is 0.488. The van der Waals surface area contributed by atoms with E-state index >= 15 is 0 Å². The lowest BCUT2D eigenvalue weighted by atomic mass is 9.86. The molecule has 0 fully saturated rings. The molecule has 0 saturated carbocycles. The van der Waals surface area contributed by atoms with E-state index in [-0.39, 0.29) is 22.8 Å². The fraction of sp³-hybridized carbons (Fsp3) is 0.536. The number of anilines is 1. The highest BCUT2D eigenvalue weighted by Crippen LogP contribution is 2.40. The third kappa shape index (κ3) is 6.37. The molecule has 1 N–H and O–H groups in total. The molecule has 0 spiro atoms. The number of carbonyl (C=O) groups is 1. The van der Waals surface area contributed by atoms with Crippen molar-refractivity contribution in [1.29, 1.82) is 0 Å². The summed E-state index contributed by atoms with van der Waals surface area (Å²) in [7, 11) is -3.90. The Morgan fingerprint density at radius 2 is 1.83 bits per heavy atom. The smallest absolute Gasteiger partial charge is 0.264 e. The Morgan fingerprint density at radius 1 is 1.14 bits per heavy atom. The molecule has 0 aliphatic carbocycles. The first-order valence-corrected chi connectivity index (χ1v) is 14.1. The molecule has 1 aliphatic rings. The van der Waals surface area contributed by atoms with Gasteiger partial charge in [0, 0.05) is 6.54 Å². The molecule has 6 nitrogen and oxygen atoms in total. The van der Waals surface area contributed by atoms with Crippen LogP contribution in [0.15, 0.2) is 47.4 Å².